The van der Waals surface area contributed by atoms with Crippen LogP contribution in [0.5, 0.6) is 0 Å². The highest BCUT2D eigenvalue weighted by Gasteiger charge is 2.14. The van der Waals surface area contributed by atoms with Crippen LogP contribution in [-0.4, -0.2) is 5.78 Å². The van der Waals surface area contributed by atoms with Gasteiger partial charge in [0.2, 0.25) is 5.78 Å². The minimum absolute atomic E-state index is 0.0394. The average Bonchev–Trinajstić information content (AvgIpc) is 2.76. The highest BCUT2D eigenvalue weighted by Crippen LogP contribution is 2.33. The van der Waals surface area contributed by atoms with Crippen LogP contribution >= 0.6 is 50.2 Å². The Morgan fingerprint density at radius 2 is 2.21 bits per heavy atom. The highest BCUT2D eigenvalue weighted by atomic mass is 79.9. The summed E-state index contributed by atoms with van der Waals surface area (Å²) in [5.74, 6) is 0.0394. The van der Waals surface area contributed by atoms with Crippen molar-refractivity contribution in [2.24, 2.45) is 0 Å². The van der Waals surface area contributed by atoms with Gasteiger partial charge in [0.05, 0.1) is 9.75 Å². The second kappa shape index (κ2) is 4.14. The molecule has 2 aromatic heterocycles. The molecule has 72 valence electrons. The smallest absolute Gasteiger partial charge is 0.212 e. The summed E-state index contributed by atoms with van der Waals surface area (Å²) in [7, 11) is 0. The minimum Gasteiger partial charge on any atom is -0.287 e. The fraction of sp³-hybridized carbons (Fsp3) is 0. The van der Waals surface area contributed by atoms with Gasteiger partial charge in [0.1, 0.15) is 4.34 Å². The predicted octanol–water partition coefficient (Wildman–Crippen LogP) is 4.46. The largest absolute Gasteiger partial charge is 0.287 e. The van der Waals surface area contributed by atoms with Crippen molar-refractivity contribution in [2.45, 2.75) is 0 Å². The molecule has 0 fully saturated rings. The molecule has 2 heterocycles. The van der Waals surface area contributed by atoms with Crippen LogP contribution in [0.1, 0.15) is 14.5 Å². The molecule has 0 unspecified atom stereocenters. The summed E-state index contributed by atoms with van der Waals surface area (Å²) in [6.45, 7) is 0. The quantitative estimate of drug-likeness (QED) is 0.749. The summed E-state index contributed by atoms with van der Waals surface area (Å²) in [5.41, 5.74) is 0. The first-order chi connectivity index (χ1) is 6.68. The van der Waals surface area contributed by atoms with Gasteiger partial charge in [0.25, 0.3) is 0 Å². The third-order valence-electron chi connectivity index (χ3n) is 1.61. The second-order valence-electron chi connectivity index (χ2n) is 2.54. The van der Waals surface area contributed by atoms with Crippen LogP contribution < -0.4 is 0 Å². The SMILES string of the molecule is O=C(c1cccs1)c1cc(Br)c(Cl)s1. The lowest BCUT2D eigenvalue weighted by Gasteiger charge is -1.90. The van der Waals surface area contributed by atoms with Gasteiger partial charge in [-0.2, -0.15) is 0 Å². The third kappa shape index (κ3) is 1.93. The summed E-state index contributed by atoms with van der Waals surface area (Å²) in [6.07, 6.45) is 0. The Bertz CT molecular complexity index is 442. The van der Waals surface area contributed by atoms with E-state index in [1.54, 1.807) is 6.07 Å². The van der Waals surface area contributed by atoms with Crippen molar-refractivity contribution in [1.29, 1.82) is 0 Å². The Morgan fingerprint density at radius 1 is 1.43 bits per heavy atom. The van der Waals surface area contributed by atoms with Crippen molar-refractivity contribution in [2.75, 3.05) is 0 Å². The van der Waals surface area contributed by atoms with Crippen molar-refractivity contribution < 1.29 is 4.79 Å². The Morgan fingerprint density at radius 3 is 2.71 bits per heavy atom. The molecule has 14 heavy (non-hydrogen) atoms. The van der Waals surface area contributed by atoms with Crippen LogP contribution in [0.15, 0.2) is 28.1 Å². The highest BCUT2D eigenvalue weighted by molar-refractivity contribution is 9.10. The number of halogens is 2. The van der Waals surface area contributed by atoms with E-state index in [0.29, 0.717) is 9.21 Å². The van der Waals surface area contributed by atoms with E-state index in [2.05, 4.69) is 15.9 Å². The summed E-state index contributed by atoms with van der Waals surface area (Å²) in [5, 5.41) is 1.89. The van der Waals surface area contributed by atoms with Gasteiger partial charge in [-0.1, -0.05) is 17.7 Å². The Hall–Kier alpha value is -0.160. The molecule has 0 aliphatic heterocycles. The van der Waals surface area contributed by atoms with Crippen molar-refractivity contribution in [1.82, 2.24) is 0 Å². The Labute approximate surface area is 102 Å². The van der Waals surface area contributed by atoms with Crippen molar-refractivity contribution >= 4 is 56.0 Å². The van der Waals surface area contributed by atoms with Crippen LogP contribution in [0, 0.1) is 0 Å². The van der Waals surface area contributed by atoms with Gasteiger partial charge in [0, 0.05) is 4.47 Å². The standard InChI is InChI=1S/C9H4BrClOS2/c10-5-4-7(14-9(5)11)8(12)6-2-1-3-13-6/h1-4H. The maximum absolute atomic E-state index is 11.8. The molecule has 1 nitrogen and oxygen atoms in total. The first-order valence-corrected chi connectivity index (χ1v) is 6.58. The number of ketones is 1. The van der Waals surface area contributed by atoms with Gasteiger partial charge < -0.3 is 0 Å². The van der Waals surface area contributed by atoms with Gasteiger partial charge in [-0.3, -0.25) is 4.79 Å². The number of carbonyl (C=O) groups is 1. The molecule has 0 amide bonds. The molecule has 0 spiro atoms. The fourth-order valence-electron chi connectivity index (χ4n) is 0.988. The summed E-state index contributed by atoms with van der Waals surface area (Å²) < 4.78 is 1.40. The maximum Gasteiger partial charge on any atom is 0.212 e. The minimum atomic E-state index is 0.0394. The van der Waals surface area contributed by atoms with Gasteiger partial charge in [-0.05, 0) is 33.4 Å². The second-order valence-corrected chi connectivity index (χ2v) is 6.00. The van der Waals surface area contributed by atoms with Gasteiger partial charge >= 0.3 is 0 Å². The molecule has 5 heteroatoms. The van der Waals surface area contributed by atoms with E-state index in [0.717, 1.165) is 9.35 Å². The van der Waals surface area contributed by atoms with Crippen LogP contribution in [0.3, 0.4) is 0 Å². The van der Waals surface area contributed by atoms with Crippen molar-refractivity contribution in [3.8, 4) is 0 Å². The maximum atomic E-state index is 11.8. The van der Waals surface area contributed by atoms with E-state index in [1.807, 2.05) is 17.5 Å². The van der Waals surface area contributed by atoms with Crippen LogP contribution in [0.25, 0.3) is 0 Å². The summed E-state index contributed by atoms with van der Waals surface area (Å²) in [6, 6.07) is 5.44. The van der Waals surface area contributed by atoms with Gasteiger partial charge in [-0.15, -0.1) is 22.7 Å². The molecule has 0 atom stereocenters. The van der Waals surface area contributed by atoms with Crippen LogP contribution in [-0.2, 0) is 0 Å². The first kappa shape index (κ1) is 10.4. The molecule has 0 saturated carbocycles. The van der Waals surface area contributed by atoms with E-state index in [1.165, 1.54) is 22.7 Å². The molecule has 0 radical (unpaired) electrons. The summed E-state index contributed by atoms with van der Waals surface area (Å²) in [4.78, 5) is 13.2. The number of hydrogen-bond donors (Lipinski definition) is 0. The number of thiophene rings is 2. The van der Waals surface area contributed by atoms with Crippen LogP contribution in [0.4, 0.5) is 0 Å². The third-order valence-corrected chi connectivity index (χ3v) is 4.96. The molecule has 0 saturated heterocycles. The van der Waals surface area contributed by atoms with E-state index in [-0.39, 0.29) is 5.78 Å². The number of rotatable bonds is 2. The monoisotopic (exact) mass is 306 g/mol. The lowest BCUT2D eigenvalue weighted by atomic mass is 10.3. The zero-order chi connectivity index (χ0) is 10.1. The van der Waals surface area contributed by atoms with Gasteiger partial charge in [0.15, 0.2) is 0 Å². The molecular formula is C9H4BrClOS2. The lowest BCUT2D eigenvalue weighted by Crippen LogP contribution is -1.93. The molecule has 0 N–H and O–H groups in total. The van der Waals surface area contributed by atoms with E-state index in [4.69, 9.17) is 11.6 Å². The molecule has 2 aromatic rings. The summed E-state index contributed by atoms with van der Waals surface area (Å²) >= 11 is 11.9. The first-order valence-electron chi connectivity index (χ1n) is 3.71. The van der Waals surface area contributed by atoms with E-state index in [9.17, 15) is 4.79 Å². The molecule has 0 bridgehead atoms. The number of hydrogen-bond acceptors (Lipinski definition) is 3. The van der Waals surface area contributed by atoms with Crippen molar-refractivity contribution in [3.63, 3.8) is 0 Å². The molecule has 0 aromatic carbocycles. The zero-order valence-electron chi connectivity index (χ0n) is 6.79. The van der Waals surface area contributed by atoms with Crippen molar-refractivity contribution in [3.05, 3.63) is 42.1 Å². The molecular weight excluding hydrogens is 304 g/mol. The Kier molecular flexibility index (Phi) is 3.07. The lowest BCUT2D eigenvalue weighted by molar-refractivity contribution is 0.104. The number of carbonyl (C=O) groups excluding carboxylic acids is 1. The zero-order valence-corrected chi connectivity index (χ0v) is 10.8. The average molecular weight is 308 g/mol. The van der Waals surface area contributed by atoms with Gasteiger partial charge in [-0.25, -0.2) is 0 Å². The van der Waals surface area contributed by atoms with E-state index < -0.39 is 0 Å². The van der Waals surface area contributed by atoms with Crippen LogP contribution in [0.2, 0.25) is 4.34 Å². The topological polar surface area (TPSA) is 17.1 Å². The molecule has 0 aliphatic carbocycles. The predicted molar refractivity (Wildman–Crippen MR) is 64.8 cm³/mol. The Balaban J connectivity index is 2.37. The van der Waals surface area contributed by atoms with E-state index >= 15 is 0 Å². The molecule has 2 rings (SSSR count). The normalized spacial score (nSPS) is 10.4. The molecule has 0 aliphatic rings. The fourth-order valence-corrected chi connectivity index (χ4v) is 3.39.